The van der Waals surface area contributed by atoms with Crippen molar-refractivity contribution in [1.82, 2.24) is 15.2 Å². The summed E-state index contributed by atoms with van der Waals surface area (Å²) < 4.78 is 57.3. The number of ether oxygens (including phenoxy) is 2. The van der Waals surface area contributed by atoms with E-state index in [0.29, 0.717) is 49.6 Å². The quantitative estimate of drug-likeness (QED) is 0.309. The van der Waals surface area contributed by atoms with E-state index in [9.17, 15) is 22.8 Å². The lowest BCUT2D eigenvalue weighted by molar-refractivity contribution is -0.136. The Hall–Kier alpha value is -3.60. The van der Waals surface area contributed by atoms with Crippen molar-refractivity contribution >= 4 is 17.0 Å². The Morgan fingerprint density at radius 3 is 2.70 bits per heavy atom. The number of nitrogens with one attached hydrogen (secondary N) is 1. The van der Waals surface area contributed by atoms with Crippen LogP contribution in [0, 0.1) is 0 Å². The van der Waals surface area contributed by atoms with Gasteiger partial charge in [-0.05, 0) is 44.4 Å². The molecule has 1 atom stereocenters. The summed E-state index contributed by atoms with van der Waals surface area (Å²) in [5, 5.41) is 2.69. The highest BCUT2D eigenvalue weighted by Crippen LogP contribution is 2.37. The maximum atomic E-state index is 13.5. The lowest BCUT2D eigenvalue weighted by atomic mass is 10.0. The molecule has 1 fully saturated rings. The van der Waals surface area contributed by atoms with Crippen molar-refractivity contribution in [3.8, 4) is 5.75 Å². The van der Waals surface area contributed by atoms with E-state index in [1.54, 1.807) is 30.3 Å². The zero-order valence-corrected chi connectivity index (χ0v) is 20.6. The molecular weight excluding hydrogens is 491 g/mol. The van der Waals surface area contributed by atoms with Crippen LogP contribution in [-0.4, -0.2) is 35.8 Å². The van der Waals surface area contributed by atoms with Crippen molar-refractivity contribution in [3.63, 3.8) is 0 Å². The van der Waals surface area contributed by atoms with E-state index in [4.69, 9.17) is 13.9 Å². The van der Waals surface area contributed by atoms with Gasteiger partial charge in [0.2, 0.25) is 0 Å². The third kappa shape index (κ3) is 5.87. The van der Waals surface area contributed by atoms with Crippen LogP contribution in [0.15, 0.2) is 51.9 Å². The predicted molar refractivity (Wildman–Crippen MR) is 129 cm³/mol. The van der Waals surface area contributed by atoms with E-state index in [1.807, 2.05) is 13.0 Å². The fourth-order valence-electron chi connectivity index (χ4n) is 4.26. The second-order valence-electron chi connectivity index (χ2n) is 8.94. The molecule has 0 radical (unpaired) electrons. The number of alkyl halides is 3. The van der Waals surface area contributed by atoms with Crippen LogP contribution in [0.3, 0.4) is 0 Å². The number of unbranched alkanes of at least 4 members (excludes halogenated alkanes) is 1. The molecule has 1 saturated heterocycles. The number of fused-ring (bicyclic) bond motifs is 1. The Kier molecular flexibility index (Phi) is 7.72. The summed E-state index contributed by atoms with van der Waals surface area (Å²) in [5.74, 6) is 0.378. The minimum atomic E-state index is -4.68. The summed E-state index contributed by atoms with van der Waals surface area (Å²) in [6.07, 6.45) is 0.812. The van der Waals surface area contributed by atoms with Gasteiger partial charge in [-0.2, -0.15) is 13.2 Å². The molecule has 4 rings (SSSR count). The summed E-state index contributed by atoms with van der Waals surface area (Å²) in [6, 6.07) is 6.56. The van der Waals surface area contributed by atoms with E-state index in [1.165, 1.54) is 12.1 Å². The van der Waals surface area contributed by atoms with E-state index < -0.39 is 23.1 Å². The molecule has 0 spiro atoms. The molecule has 3 aromatic rings. The number of aryl methyl sites for hydroxylation is 1. The second kappa shape index (κ2) is 10.8. The van der Waals surface area contributed by atoms with Crippen LogP contribution in [0.4, 0.5) is 18.0 Å². The molecule has 1 aliphatic rings. The molecule has 8 nitrogen and oxygen atoms in total. The van der Waals surface area contributed by atoms with Gasteiger partial charge in [0, 0.05) is 41.5 Å². The largest absolute Gasteiger partial charge is 0.493 e. The average molecular weight is 520 g/mol. The zero-order valence-electron chi connectivity index (χ0n) is 20.6. The van der Waals surface area contributed by atoms with Crippen LogP contribution in [-0.2, 0) is 23.1 Å². The van der Waals surface area contributed by atoms with Gasteiger partial charge >= 0.3 is 17.8 Å². The van der Waals surface area contributed by atoms with Crippen LogP contribution in [0.5, 0.6) is 5.75 Å². The molecule has 1 aliphatic heterocycles. The number of amides is 2. The fourth-order valence-corrected chi connectivity index (χ4v) is 4.26. The Morgan fingerprint density at radius 2 is 2.03 bits per heavy atom. The number of carbonyl (C=O) groups is 1. The van der Waals surface area contributed by atoms with Gasteiger partial charge in [-0.25, -0.2) is 9.59 Å². The minimum absolute atomic E-state index is 0.0991. The number of hydrogen-bond acceptors (Lipinski definition) is 6. The summed E-state index contributed by atoms with van der Waals surface area (Å²) in [6.45, 7) is 4.46. The second-order valence-corrected chi connectivity index (χ2v) is 8.94. The van der Waals surface area contributed by atoms with Gasteiger partial charge in [0.05, 0.1) is 12.2 Å². The molecule has 2 aromatic heterocycles. The summed E-state index contributed by atoms with van der Waals surface area (Å²) in [7, 11) is 0. The highest BCUT2D eigenvalue weighted by molar-refractivity contribution is 5.85. The van der Waals surface area contributed by atoms with E-state index in [0.717, 1.165) is 5.56 Å². The first-order valence-corrected chi connectivity index (χ1v) is 12.0. The summed E-state index contributed by atoms with van der Waals surface area (Å²) >= 11 is 0. The lowest BCUT2D eigenvalue weighted by Crippen LogP contribution is -2.58. The molecule has 1 unspecified atom stereocenters. The molecule has 37 heavy (non-hydrogen) atoms. The van der Waals surface area contributed by atoms with E-state index in [-0.39, 0.29) is 30.3 Å². The number of pyridine rings is 1. The number of urea groups is 1. The number of halogens is 3. The highest BCUT2D eigenvalue weighted by Gasteiger charge is 2.37. The summed E-state index contributed by atoms with van der Waals surface area (Å²) in [5.41, 5.74) is -1.97. The van der Waals surface area contributed by atoms with E-state index >= 15 is 0 Å². The SMILES string of the molecule is CCCc1c(OCCCCN2COC(C)(c3cccnc3)NC2=O)ccc2c(C(F)(F)F)cc(=O)oc12. The fraction of sp³-hybridized carbons (Fsp3) is 0.423. The van der Waals surface area contributed by atoms with Gasteiger partial charge in [-0.3, -0.25) is 4.98 Å². The molecule has 0 aliphatic carbocycles. The topological polar surface area (TPSA) is 93.9 Å². The van der Waals surface area contributed by atoms with Gasteiger partial charge in [0.25, 0.3) is 0 Å². The van der Waals surface area contributed by atoms with Crippen LogP contribution in [0.25, 0.3) is 11.0 Å². The Balaban J connectivity index is 1.36. The predicted octanol–water partition coefficient (Wildman–Crippen LogP) is 5.19. The lowest BCUT2D eigenvalue weighted by Gasteiger charge is -2.40. The zero-order chi connectivity index (χ0) is 26.6. The van der Waals surface area contributed by atoms with Crippen LogP contribution >= 0.6 is 0 Å². The van der Waals surface area contributed by atoms with Crippen molar-refractivity contribution in [2.45, 2.75) is 51.4 Å². The average Bonchev–Trinajstić information content (AvgIpc) is 2.86. The van der Waals surface area contributed by atoms with Crippen molar-refractivity contribution in [2.75, 3.05) is 19.9 Å². The maximum Gasteiger partial charge on any atom is 0.417 e. The molecule has 198 valence electrons. The number of hydrogen-bond donors (Lipinski definition) is 1. The maximum absolute atomic E-state index is 13.5. The Bertz CT molecular complexity index is 1310. The van der Waals surface area contributed by atoms with Gasteiger partial charge in [-0.15, -0.1) is 0 Å². The number of nitrogens with zero attached hydrogens (tertiary/aromatic N) is 2. The third-order valence-electron chi connectivity index (χ3n) is 6.21. The van der Waals surface area contributed by atoms with Gasteiger partial charge in [0.1, 0.15) is 18.1 Å². The Labute approximate surface area is 211 Å². The first-order valence-electron chi connectivity index (χ1n) is 12.0. The molecule has 0 bridgehead atoms. The van der Waals surface area contributed by atoms with E-state index in [2.05, 4.69) is 10.3 Å². The van der Waals surface area contributed by atoms with Gasteiger partial charge in [0.15, 0.2) is 5.72 Å². The number of rotatable bonds is 9. The van der Waals surface area contributed by atoms with Gasteiger partial charge < -0.3 is 24.1 Å². The molecule has 3 heterocycles. The molecule has 0 saturated carbocycles. The summed E-state index contributed by atoms with van der Waals surface area (Å²) in [4.78, 5) is 30.1. The van der Waals surface area contributed by atoms with Crippen LogP contribution in [0.1, 0.15) is 49.8 Å². The molecular formula is C26H28F3N3O5. The van der Waals surface area contributed by atoms with Crippen molar-refractivity contribution in [3.05, 3.63) is 69.8 Å². The number of benzene rings is 1. The highest BCUT2D eigenvalue weighted by atomic mass is 19.4. The van der Waals surface area contributed by atoms with Crippen molar-refractivity contribution < 1.29 is 31.9 Å². The monoisotopic (exact) mass is 519 g/mol. The first kappa shape index (κ1) is 26.5. The number of carbonyl (C=O) groups excluding carboxylic acids is 1. The van der Waals surface area contributed by atoms with Crippen molar-refractivity contribution in [2.24, 2.45) is 0 Å². The molecule has 11 heteroatoms. The van der Waals surface area contributed by atoms with Crippen molar-refractivity contribution in [1.29, 1.82) is 0 Å². The molecule has 1 aromatic carbocycles. The number of aromatic nitrogens is 1. The van der Waals surface area contributed by atoms with Gasteiger partial charge in [-0.1, -0.05) is 19.4 Å². The minimum Gasteiger partial charge on any atom is -0.493 e. The normalized spacial score (nSPS) is 18.2. The first-order chi connectivity index (χ1) is 17.6. The standard InChI is InChI=1S/C26H28F3N3O5/c1-3-7-19-21(10-9-18-20(26(27,28)29)14-22(33)37-23(18)19)35-13-5-4-12-32-16-36-25(2,31-24(32)34)17-8-6-11-30-15-17/h6,8-11,14-15H,3-5,7,12-13,16H2,1-2H3,(H,31,34). The molecule has 2 amide bonds. The Morgan fingerprint density at radius 1 is 1.22 bits per heavy atom. The smallest absolute Gasteiger partial charge is 0.417 e. The van der Waals surface area contributed by atoms with Crippen LogP contribution in [0.2, 0.25) is 0 Å². The van der Waals surface area contributed by atoms with Crippen LogP contribution < -0.4 is 15.7 Å². The third-order valence-corrected chi connectivity index (χ3v) is 6.21. The molecule has 1 N–H and O–H groups in total.